The number of ether oxygens (including phenoxy) is 2. The van der Waals surface area contributed by atoms with E-state index in [1.165, 1.54) is 17.1 Å². The summed E-state index contributed by atoms with van der Waals surface area (Å²) >= 11 is 7.55. The molecule has 2 aromatic carbocycles. The van der Waals surface area contributed by atoms with E-state index < -0.39 is 11.7 Å². The summed E-state index contributed by atoms with van der Waals surface area (Å²) in [4.78, 5) is 15.1. The minimum absolute atomic E-state index is 0.223. The fraction of sp³-hybridized carbons (Fsp3) is 0.364. The van der Waals surface area contributed by atoms with Gasteiger partial charge in [0.1, 0.15) is 24.0 Å². The average Bonchev–Trinajstić information content (AvgIpc) is 3.39. The zero-order valence-corrected chi connectivity index (χ0v) is 18.2. The molecule has 0 aliphatic carbocycles. The fourth-order valence-corrected chi connectivity index (χ4v) is 5.03. The van der Waals surface area contributed by atoms with Crippen molar-refractivity contribution in [1.82, 2.24) is 4.31 Å². The molecular weight excluding hydrogens is 438 g/mol. The van der Waals surface area contributed by atoms with Crippen LogP contribution in [0.15, 0.2) is 36.4 Å². The Balaban J connectivity index is 1.57. The molecule has 3 heterocycles. The standard InChI is InChI=1S/C22H20ClN3O4S/c23-18-5-3-6-19(16(18)14-24)26-20-8-7-15(30-31-25-9-1-2-10-25)13-17(20)22(21(26)27)28-11-4-12-29-22/h3,5-8,13H,1-2,4,9-12H2. The normalized spacial score (nSPS) is 20.1. The first-order chi connectivity index (χ1) is 15.1. The van der Waals surface area contributed by atoms with E-state index in [9.17, 15) is 10.1 Å². The predicted octanol–water partition coefficient (Wildman–Crippen LogP) is 4.52. The molecule has 3 aliphatic rings. The molecule has 9 heteroatoms. The third kappa shape index (κ3) is 3.47. The largest absolute Gasteiger partial charge is 0.409 e. The molecule has 0 unspecified atom stereocenters. The van der Waals surface area contributed by atoms with Crippen molar-refractivity contribution >= 4 is 41.1 Å². The van der Waals surface area contributed by atoms with Gasteiger partial charge in [-0.3, -0.25) is 9.69 Å². The van der Waals surface area contributed by atoms with E-state index in [1.807, 2.05) is 0 Å². The summed E-state index contributed by atoms with van der Waals surface area (Å²) in [5.41, 5.74) is 1.78. The Morgan fingerprint density at radius 1 is 1.10 bits per heavy atom. The van der Waals surface area contributed by atoms with E-state index in [0.717, 1.165) is 25.9 Å². The minimum Gasteiger partial charge on any atom is -0.409 e. The summed E-state index contributed by atoms with van der Waals surface area (Å²) in [6.07, 6.45) is 3.03. The van der Waals surface area contributed by atoms with Gasteiger partial charge in [0.05, 0.1) is 35.2 Å². The predicted molar refractivity (Wildman–Crippen MR) is 117 cm³/mol. The lowest BCUT2D eigenvalue weighted by Crippen LogP contribution is -2.46. The molecule has 160 valence electrons. The summed E-state index contributed by atoms with van der Waals surface area (Å²) < 4.78 is 20.0. The number of halogens is 1. The van der Waals surface area contributed by atoms with Gasteiger partial charge in [0.15, 0.2) is 0 Å². The van der Waals surface area contributed by atoms with Crippen molar-refractivity contribution in [1.29, 1.82) is 5.26 Å². The van der Waals surface area contributed by atoms with Crippen molar-refractivity contribution in [3.8, 4) is 11.8 Å². The van der Waals surface area contributed by atoms with Crippen LogP contribution in [-0.4, -0.2) is 36.5 Å². The number of nitrogens with zero attached hydrogens (tertiary/aromatic N) is 3. The smallest absolute Gasteiger partial charge is 0.297 e. The number of benzene rings is 2. The first kappa shape index (κ1) is 20.6. The van der Waals surface area contributed by atoms with Crippen molar-refractivity contribution in [2.75, 3.05) is 31.2 Å². The van der Waals surface area contributed by atoms with E-state index >= 15 is 0 Å². The van der Waals surface area contributed by atoms with Crippen molar-refractivity contribution in [2.24, 2.45) is 0 Å². The van der Waals surface area contributed by atoms with Crippen molar-refractivity contribution in [3.05, 3.63) is 52.5 Å². The second-order valence-corrected chi connectivity index (χ2v) is 8.77. The second-order valence-electron chi connectivity index (χ2n) is 7.53. The molecule has 2 aromatic rings. The summed E-state index contributed by atoms with van der Waals surface area (Å²) in [6, 6.07) is 12.5. The van der Waals surface area contributed by atoms with Crippen LogP contribution in [0.2, 0.25) is 5.02 Å². The van der Waals surface area contributed by atoms with Gasteiger partial charge in [0.2, 0.25) is 0 Å². The van der Waals surface area contributed by atoms with E-state index in [2.05, 4.69) is 10.4 Å². The first-order valence-corrected chi connectivity index (χ1v) is 11.3. The van der Waals surface area contributed by atoms with Gasteiger partial charge in [-0.15, -0.1) is 0 Å². The zero-order chi connectivity index (χ0) is 21.4. The molecule has 0 radical (unpaired) electrons. The summed E-state index contributed by atoms with van der Waals surface area (Å²) in [7, 11) is 0. The number of anilines is 2. The maximum Gasteiger partial charge on any atom is 0.297 e. The van der Waals surface area contributed by atoms with Gasteiger partial charge in [-0.1, -0.05) is 17.7 Å². The summed E-state index contributed by atoms with van der Waals surface area (Å²) in [5, 5.41) is 9.93. The van der Waals surface area contributed by atoms with Gasteiger partial charge in [-0.05, 0) is 49.6 Å². The Hall–Kier alpha value is -2.28. The molecule has 5 rings (SSSR count). The number of fused-ring (bicyclic) bond motifs is 2. The van der Waals surface area contributed by atoms with Gasteiger partial charge < -0.3 is 13.7 Å². The van der Waals surface area contributed by atoms with Crippen LogP contribution in [0.5, 0.6) is 5.75 Å². The molecule has 0 aromatic heterocycles. The summed E-state index contributed by atoms with van der Waals surface area (Å²) in [5.74, 6) is -1.35. The van der Waals surface area contributed by atoms with Crippen molar-refractivity contribution in [3.63, 3.8) is 0 Å². The van der Waals surface area contributed by atoms with Crippen LogP contribution in [0.4, 0.5) is 11.4 Å². The van der Waals surface area contributed by atoms with Crippen LogP contribution in [0, 0.1) is 11.3 Å². The van der Waals surface area contributed by atoms with Gasteiger partial charge in [-0.2, -0.15) is 5.26 Å². The van der Waals surface area contributed by atoms with Crippen LogP contribution in [0.1, 0.15) is 30.4 Å². The van der Waals surface area contributed by atoms with Gasteiger partial charge in [-0.25, -0.2) is 4.31 Å². The number of carbonyl (C=O) groups is 1. The molecule has 0 N–H and O–H groups in total. The molecule has 2 saturated heterocycles. The molecule has 0 atom stereocenters. The van der Waals surface area contributed by atoms with E-state index in [0.29, 0.717) is 42.3 Å². The molecule has 0 bridgehead atoms. The van der Waals surface area contributed by atoms with E-state index in [-0.39, 0.29) is 10.6 Å². The average molecular weight is 458 g/mol. The lowest BCUT2D eigenvalue weighted by molar-refractivity contribution is -0.256. The first-order valence-electron chi connectivity index (χ1n) is 10.2. The Morgan fingerprint density at radius 3 is 2.61 bits per heavy atom. The van der Waals surface area contributed by atoms with Crippen LogP contribution < -0.4 is 9.08 Å². The number of hydrogen-bond donors (Lipinski definition) is 0. The molecule has 1 amide bonds. The molecule has 3 aliphatic heterocycles. The molecular formula is C22H20ClN3O4S. The van der Waals surface area contributed by atoms with E-state index in [4.69, 9.17) is 25.3 Å². The van der Waals surface area contributed by atoms with Gasteiger partial charge >= 0.3 is 0 Å². The van der Waals surface area contributed by atoms with Gasteiger partial charge in [0.25, 0.3) is 11.7 Å². The Kier molecular flexibility index (Phi) is 5.54. The lowest BCUT2D eigenvalue weighted by atomic mass is 10.1. The van der Waals surface area contributed by atoms with Crippen LogP contribution >= 0.6 is 23.8 Å². The maximum atomic E-state index is 13.7. The number of rotatable bonds is 4. The Labute approximate surface area is 189 Å². The lowest BCUT2D eigenvalue weighted by Gasteiger charge is -2.32. The zero-order valence-electron chi connectivity index (χ0n) is 16.7. The topological polar surface area (TPSA) is 75.0 Å². The number of carbonyl (C=O) groups excluding carboxylic acids is 1. The highest BCUT2D eigenvalue weighted by Gasteiger charge is 2.56. The monoisotopic (exact) mass is 457 g/mol. The SMILES string of the molecule is N#Cc1c(Cl)cccc1N1C(=O)C2(OCCCO2)c2cc(OSN3CCCC3)ccc21. The number of amides is 1. The molecule has 1 spiro atoms. The third-order valence-electron chi connectivity index (χ3n) is 5.60. The van der Waals surface area contributed by atoms with Crippen LogP contribution in [-0.2, 0) is 20.1 Å². The minimum atomic E-state index is -1.56. The van der Waals surface area contributed by atoms with Crippen LogP contribution in [0.25, 0.3) is 0 Å². The van der Waals surface area contributed by atoms with Crippen molar-refractivity contribution in [2.45, 2.75) is 25.0 Å². The highest BCUT2D eigenvalue weighted by molar-refractivity contribution is 7.92. The maximum absolute atomic E-state index is 13.7. The molecule has 31 heavy (non-hydrogen) atoms. The Morgan fingerprint density at radius 2 is 1.87 bits per heavy atom. The van der Waals surface area contributed by atoms with Crippen LogP contribution in [0.3, 0.4) is 0 Å². The second kappa shape index (κ2) is 8.34. The van der Waals surface area contributed by atoms with Gasteiger partial charge in [0, 0.05) is 18.7 Å². The summed E-state index contributed by atoms with van der Waals surface area (Å²) in [6.45, 7) is 2.77. The highest BCUT2D eigenvalue weighted by Crippen LogP contribution is 2.50. The third-order valence-corrected chi connectivity index (χ3v) is 6.75. The quantitative estimate of drug-likeness (QED) is 0.493. The van der Waals surface area contributed by atoms with E-state index in [1.54, 1.807) is 36.4 Å². The molecule has 2 fully saturated rings. The Bertz CT molecular complexity index is 1060. The highest BCUT2D eigenvalue weighted by atomic mass is 35.5. The fourth-order valence-electron chi connectivity index (χ4n) is 4.12. The number of hydrogen-bond acceptors (Lipinski definition) is 7. The molecule has 7 nitrogen and oxygen atoms in total. The molecule has 0 saturated carbocycles. The number of nitriles is 1. The van der Waals surface area contributed by atoms with Crippen molar-refractivity contribution < 1.29 is 18.5 Å².